The van der Waals surface area contributed by atoms with Crippen molar-refractivity contribution in [3.05, 3.63) is 60.4 Å². The Morgan fingerprint density at radius 2 is 1.88 bits per heavy atom. The Balaban J connectivity index is 1.45. The minimum Gasteiger partial charge on any atom is -0.324 e. The number of amides is 1. The van der Waals surface area contributed by atoms with Gasteiger partial charge >= 0.3 is 0 Å². The van der Waals surface area contributed by atoms with Crippen molar-refractivity contribution in [2.24, 2.45) is 0 Å². The third-order valence-corrected chi connectivity index (χ3v) is 4.72. The molecule has 0 aliphatic rings. The van der Waals surface area contributed by atoms with Crippen LogP contribution in [0.3, 0.4) is 0 Å². The van der Waals surface area contributed by atoms with Crippen LogP contribution in [0.5, 0.6) is 0 Å². The Morgan fingerprint density at radius 1 is 1.12 bits per heavy atom. The number of hydrogen-bond acceptors (Lipinski definition) is 5. The van der Waals surface area contributed by atoms with Crippen molar-refractivity contribution >= 4 is 34.7 Å². The molecular formula is C18H16N6OS. The molecule has 0 bridgehead atoms. The van der Waals surface area contributed by atoms with E-state index in [1.54, 1.807) is 0 Å². The third kappa shape index (κ3) is 3.31. The molecule has 2 heterocycles. The number of fused-ring (bicyclic) bond motifs is 1. The Morgan fingerprint density at radius 3 is 2.69 bits per heavy atom. The lowest BCUT2D eigenvalue weighted by Crippen LogP contribution is -2.15. The van der Waals surface area contributed by atoms with E-state index < -0.39 is 0 Å². The Labute approximate surface area is 153 Å². The number of benzene rings is 2. The van der Waals surface area contributed by atoms with Crippen LogP contribution in [0.2, 0.25) is 0 Å². The molecular weight excluding hydrogens is 348 g/mol. The first-order valence-electron chi connectivity index (χ1n) is 8.05. The maximum Gasteiger partial charge on any atom is 0.237 e. The zero-order chi connectivity index (χ0) is 17.9. The fraction of sp³-hybridized carbons (Fsp3) is 0.111. The summed E-state index contributed by atoms with van der Waals surface area (Å²) in [7, 11) is 0. The van der Waals surface area contributed by atoms with Gasteiger partial charge in [-0.3, -0.25) is 14.7 Å². The molecule has 0 aliphatic heterocycles. The van der Waals surface area contributed by atoms with Crippen LogP contribution in [0.25, 0.3) is 16.7 Å². The van der Waals surface area contributed by atoms with Crippen LogP contribution in [0, 0.1) is 6.92 Å². The molecule has 2 aromatic heterocycles. The molecule has 0 aliphatic carbocycles. The van der Waals surface area contributed by atoms with E-state index in [2.05, 4.69) is 25.5 Å². The number of imidazole rings is 1. The van der Waals surface area contributed by atoms with E-state index in [0.717, 1.165) is 22.5 Å². The van der Waals surface area contributed by atoms with Gasteiger partial charge in [0.1, 0.15) is 5.82 Å². The molecule has 0 radical (unpaired) electrons. The number of thioether (sulfide) groups is 1. The number of nitrogens with zero attached hydrogens (tertiary/aromatic N) is 4. The molecule has 4 rings (SSSR count). The fourth-order valence-electron chi connectivity index (χ4n) is 2.62. The predicted octanol–water partition coefficient (Wildman–Crippen LogP) is 3.18. The average molecular weight is 364 g/mol. The largest absolute Gasteiger partial charge is 0.324 e. The SMILES string of the molecule is Cc1nnc(SCC(=O)Nc2nc3ccccc3[nH]2)n1-c1ccccc1. The molecule has 2 aromatic carbocycles. The second-order valence-electron chi connectivity index (χ2n) is 5.64. The minimum atomic E-state index is -0.158. The number of rotatable bonds is 5. The lowest BCUT2D eigenvalue weighted by atomic mass is 10.3. The summed E-state index contributed by atoms with van der Waals surface area (Å²) in [5.41, 5.74) is 2.67. The monoisotopic (exact) mass is 364 g/mol. The summed E-state index contributed by atoms with van der Waals surface area (Å²) in [5.74, 6) is 1.27. The molecule has 7 nitrogen and oxygen atoms in total. The van der Waals surface area contributed by atoms with E-state index >= 15 is 0 Å². The zero-order valence-corrected chi connectivity index (χ0v) is 14.8. The molecule has 0 saturated heterocycles. The highest BCUT2D eigenvalue weighted by Crippen LogP contribution is 2.22. The van der Waals surface area contributed by atoms with Crippen LogP contribution in [-0.2, 0) is 4.79 Å². The second kappa shape index (κ2) is 7.01. The second-order valence-corrected chi connectivity index (χ2v) is 6.58. The lowest BCUT2D eigenvalue weighted by Gasteiger charge is -2.07. The van der Waals surface area contributed by atoms with Gasteiger partial charge in [0.15, 0.2) is 5.16 Å². The van der Waals surface area contributed by atoms with Crippen LogP contribution >= 0.6 is 11.8 Å². The van der Waals surface area contributed by atoms with Gasteiger partial charge in [0, 0.05) is 5.69 Å². The van der Waals surface area contributed by atoms with Gasteiger partial charge < -0.3 is 4.98 Å². The molecule has 130 valence electrons. The van der Waals surface area contributed by atoms with Crippen LogP contribution in [0.1, 0.15) is 5.82 Å². The van der Waals surface area contributed by atoms with Crippen molar-refractivity contribution < 1.29 is 4.79 Å². The lowest BCUT2D eigenvalue weighted by molar-refractivity contribution is -0.113. The molecule has 2 N–H and O–H groups in total. The average Bonchev–Trinajstić information content (AvgIpc) is 3.23. The highest BCUT2D eigenvalue weighted by atomic mass is 32.2. The minimum absolute atomic E-state index is 0.158. The van der Waals surface area contributed by atoms with Gasteiger partial charge in [0.2, 0.25) is 11.9 Å². The van der Waals surface area contributed by atoms with Gasteiger partial charge in [-0.1, -0.05) is 42.1 Å². The van der Waals surface area contributed by atoms with Crippen molar-refractivity contribution in [2.45, 2.75) is 12.1 Å². The van der Waals surface area contributed by atoms with Gasteiger partial charge in [-0.05, 0) is 31.2 Å². The van der Waals surface area contributed by atoms with Gasteiger partial charge in [-0.15, -0.1) is 10.2 Å². The van der Waals surface area contributed by atoms with Gasteiger partial charge in [-0.2, -0.15) is 0 Å². The van der Waals surface area contributed by atoms with Gasteiger partial charge in [0.25, 0.3) is 0 Å². The number of H-pyrrole nitrogens is 1. The smallest absolute Gasteiger partial charge is 0.237 e. The van der Waals surface area contributed by atoms with Gasteiger partial charge in [-0.25, -0.2) is 4.98 Å². The third-order valence-electron chi connectivity index (χ3n) is 3.79. The van der Waals surface area contributed by atoms with E-state index in [-0.39, 0.29) is 11.7 Å². The summed E-state index contributed by atoms with van der Waals surface area (Å²) < 4.78 is 1.93. The molecule has 0 atom stereocenters. The number of anilines is 1. The zero-order valence-electron chi connectivity index (χ0n) is 14.0. The first kappa shape index (κ1) is 16.3. The van der Waals surface area contributed by atoms with Crippen LogP contribution in [0.4, 0.5) is 5.95 Å². The predicted molar refractivity (Wildman–Crippen MR) is 102 cm³/mol. The molecule has 0 fully saturated rings. The molecule has 0 saturated carbocycles. The highest BCUT2D eigenvalue weighted by molar-refractivity contribution is 7.99. The van der Waals surface area contributed by atoms with Crippen molar-refractivity contribution in [1.82, 2.24) is 24.7 Å². The first-order valence-corrected chi connectivity index (χ1v) is 9.04. The fourth-order valence-corrected chi connectivity index (χ4v) is 3.42. The number of aromatic nitrogens is 5. The van der Waals surface area contributed by atoms with Crippen molar-refractivity contribution in [3.63, 3.8) is 0 Å². The normalized spacial score (nSPS) is 11.0. The maximum absolute atomic E-state index is 12.3. The molecule has 0 unspecified atom stereocenters. The number of aryl methyl sites for hydroxylation is 1. The summed E-state index contributed by atoms with van der Waals surface area (Å²) in [5, 5.41) is 11.8. The molecule has 1 amide bonds. The number of carbonyl (C=O) groups is 1. The van der Waals surface area contributed by atoms with Crippen LogP contribution in [-0.4, -0.2) is 36.4 Å². The van der Waals surface area contributed by atoms with Crippen molar-refractivity contribution in [3.8, 4) is 5.69 Å². The van der Waals surface area contributed by atoms with Crippen molar-refractivity contribution in [2.75, 3.05) is 11.1 Å². The number of para-hydroxylation sites is 3. The molecule has 26 heavy (non-hydrogen) atoms. The summed E-state index contributed by atoms with van der Waals surface area (Å²) in [6.45, 7) is 1.89. The molecule has 4 aromatic rings. The van der Waals surface area contributed by atoms with Crippen LogP contribution < -0.4 is 5.32 Å². The van der Waals surface area contributed by atoms with E-state index in [0.29, 0.717) is 11.1 Å². The van der Waals surface area contributed by atoms with Crippen molar-refractivity contribution in [1.29, 1.82) is 0 Å². The quantitative estimate of drug-likeness (QED) is 0.531. The standard InChI is InChI=1S/C18H16N6OS/c1-12-22-23-18(24(12)13-7-3-2-4-8-13)26-11-16(25)21-17-19-14-9-5-6-10-15(14)20-17/h2-10H,11H2,1H3,(H2,19,20,21,25). The van der Waals surface area contributed by atoms with Gasteiger partial charge in [0.05, 0.1) is 16.8 Å². The number of hydrogen-bond donors (Lipinski definition) is 2. The van der Waals surface area contributed by atoms with E-state index in [9.17, 15) is 4.79 Å². The van der Waals surface area contributed by atoms with Crippen LogP contribution in [0.15, 0.2) is 59.8 Å². The number of aromatic amines is 1. The van der Waals surface area contributed by atoms with E-state index in [4.69, 9.17) is 0 Å². The summed E-state index contributed by atoms with van der Waals surface area (Å²) in [6.07, 6.45) is 0. The molecule has 8 heteroatoms. The number of nitrogens with one attached hydrogen (secondary N) is 2. The number of carbonyl (C=O) groups excluding carboxylic acids is 1. The maximum atomic E-state index is 12.3. The Kier molecular flexibility index (Phi) is 4.40. The highest BCUT2D eigenvalue weighted by Gasteiger charge is 2.14. The first-order chi connectivity index (χ1) is 12.7. The summed E-state index contributed by atoms with van der Waals surface area (Å²) >= 11 is 1.33. The van der Waals surface area contributed by atoms with E-state index in [1.165, 1.54) is 11.8 Å². The molecule has 0 spiro atoms. The Hall–Kier alpha value is -3.13. The summed E-state index contributed by atoms with van der Waals surface area (Å²) in [4.78, 5) is 19.7. The summed E-state index contributed by atoms with van der Waals surface area (Å²) in [6, 6.07) is 17.5. The Bertz CT molecular complexity index is 1020. The topological polar surface area (TPSA) is 88.5 Å². The van der Waals surface area contributed by atoms with E-state index in [1.807, 2.05) is 66.1 Å².